The molecule has 4 aromatic rings. The molecule has 8 heteroatoms. The summed E-state index contributed by atoms with van der Waals surface area (Å²) < 4.78 is 1.90. The van der Waals surface area contributed by atoms with Crippen molar-refractivity contribution in [1.82, 2.24) is 19.7 Å². The van der Waals surface area contributed by atoms with E-state index in [1.165, 1.54) is 0 Å². The molecule has 2 aromatic carbocycles. The Balaban J connectivity index is 1.74. The van der Waals surface area contributed by atoms with Gasteiger partial charge in [0.2, 0.25) is 0 Å². The molecule has 0 radical (unpaired) electrons. The van der Waals surface area contributed by atoms with Crippen LogP contribution in [-0.4, -0.2) is 30.8 Å². The quantitative estimate of drug-likeness (QED) is 0.301. The lowest BCUT2D eigenvalue weighted by Crippen LogP contribution is -2.02. The van der Waals surface area contributed by atoms with Gasteiger partial charge in [0.15, 0.2) is 11.0 Å². The number of carboxylic acids is 1. The van der Waals surface area contributed by atoms with E-state index >= 15 is 0 Å². The Morgan fingerprint density at radius 1 is 1.20 bits per heavy atom. The van der Waals surface area contributed by atoms with Crippen LogP contribution in [0.25, 0.3) is 28.4 Å². The van der Waals surface area contributed by atoms with Crippen LogP contribution in [0.3, 0.4) is 0 Å². The minimum Gasteiger partial charge on any atom is -0.477 e. The van der Waals surface area contributed by atoms with Gasteiger partial charge in [-0.15, -0.1) is 10.2 Å². The molecule has 30 heavy (non-hydrogen) atoms. The van der Waals surface area contributed by atoms with E-state index in [4.69, 9.17) is 11.6 Å². The number of nitrogens with one attached hydrogen (secondary N) is 1. The Bertz CT molecular complexity index is 1260. The molecule has 0 aliphatic carbocycles. The second-order valence-electron chi connectivity index (χ2n) is 6.68. The first-order valence-electron chi connectivity index (χ1n) is 9.37. The van der Waals surface area contributed by atoms with E-state index in [1.54, 1.807) is 18.2 Å². The zero-order valence-electron chi connectivity index (χ0n) is 16.4. The molecule has 0 bridgehead atoms. The number of halogens is 1. The molecular formula is C22H19ClN4O2S. The van der Waals surface area contributed by atoms with Gasteiger partial charge in [0, 0.05) is 39.3 Å². The first-order valence-corrected chi connectivity index (χ1v) is 10.6. The minimum atomic E-state index is -1.01. The average molecular weight is 439 g/mol. The molecule has 2 N–H and O–H groups in total. The summed E-state index contributed by atoms with van der Waals surface area (Å²) in [7, 11) is 0. The van der Waals surface area contributed by atoms with Gasteiger partial charge in [0.05, 0.1) is 0 Å². The van der Waals surface area contributed by atoms with Crippen molar-refractivity contribution >= 4 is 46.3 Å². The first-order chi connectivity index (χ1) is 14.5. The van der Waals surface area contributed by atoms with Gasteiger partial charge in [-0.05, 0) is 62.0 Å². The number of fused-ring (bicyclic) bond motifs is 1. The normalized spacial score (nSPS) is 11.9. The monoisotopic (exact) mass is 438 g/mol. The van der Waals surface area contributed by atoms with Crippen molar-refractivity contribution in [2.24, 2.45) is 0 Å². The van der Waals surface area contributed by atoms with Crippen molar-refractivity contribution < 1.29 is 9.90 Å². The third kappa shape index (κ3) is 3.86. The van der Waals surface area contributed by atoms with E-state index in [1.807, 2.05) is 54.8 Å². The highest BCUT2D eigenvalue weighted by Gasteiger charge is 2.19. The standard InChI is InChI=1S/C22H19ClN4O2S/c1-3-27-20(14-8-10-15(23)11-9-14)25-26-22(27)30-19(21(28)29)12-17-13(2)24-18-7-5-4-6-16(17)18/h4-12,24H,3H2,1-2H3,(H,28,29)/b19-12-. The number of carboxylic acid groups (broad SMARTS) is 1. The predicted octanol–water partition coefficient (Wildman–Crippen LogP) is 5.63. The smallest absolute Gasteiger partial charge is 0.342 e. The van der Waals surface area contributed by atoms with Crippen LogP contribution in [0.15, 0.2) is 58.6 Å². The summed E-state index contributed by atoms with van der Waals surface area (Å²) in [6, 6.07) is 15.2. The Morgan fingerprint density at radius 3 is 2.63 bits per heavy atom. The molecule has 0 saturated heterocycles. The van der Waals surface area contributed by atoms with E-state index in [0.29, 0.717) is 22.5 Å². The van der Waals surface area contributed by atoms with E-state index in [9.17, 15) is 9.90 Å². The van der Waals surface area contributed by atoms with Gasteiger partial charge in [0.1, 0.15) is 4.91 Å². The number of carbonyl (C=O) groups is 1. The van der Waals surface area contributed by atoms with Crippen molar-refractivity contribution in [2.45, 2.75) is 25.5 Å². The molecular weight excluding hydrogens is 420 g/mol. The molecule has 0 saturated carbocycles. The lowest BCUT2D eigenvalue weighted by Gasteiger charge is -2.08. The molecule has 152 valence electrons. The Labute approximate surface area is 182 Å². The number of aliphatic carboxylic acids is 1. The predicted molar refractivity (Wildman–Crippen MR) is 121 cm³/mol. The summed E-state index contributed by atoms with van der Waals surface area (Å²) in [5, 5.41) is 20.5. The topological polar surface area (TPSA) is 83.8 Å². The van der Waals surface area contributed by atoms with Crippen molar-refractivity contribution in [2.75, 3.05) is 0 Å². The molecule has 0 unspecified atom stereocenters. The van der Waals surface area contributed by atoms with Crippen LogP contribution >= 0.6 is 23.4 Å². The number of hydrogen-bond acceptors (Lipinski definition) is 4. The number of rotatable bonds is 6. The highest BCUT2D eigenvalue weighted by Crippen LogP contribution is 2.33. The molecule has 4 rings (SSSR count). The average Bonchev–Trinajstić information content (AvgIpc) is 3.28. The number of H-pyrrole nitrogens is 1. The van der Waals surface area contributed by atoms with Gasteiger partial charge in [-0.2, -0.15) is 0 Å². The summed E-state index contributed by atoms with van der Waals surface area (Å²) in [4.78, 5) is 15.5. The second kappa shape index (κ2) is 8.38. The summed E-state index contributed by atoms with van der Waals surface area (Å²) >= 11 is 7.07. The molecule has 0 atom stereocenters. The van der Waals surface area contributed by atoms with Crippen LogP contribution in [0, 0.1) is 6.92 Å². The molecule has 2 heterocycles. The number of aromatic nitrogens is 4. The SMILES string of the molecule is CCn1c(S/C(=C\c2c(C)[nH]c3ccccc23)C(=O)O)nnc1-c1ccc(Cl)cc1. The number of aryl methyl sites for hydroxylation is 1. The fourth-order valence-electron chi connectivity index (χ4n) is 3.31. The second-order valence-corrected chi connectivity index (χ2v) is 8.13. The molecule has 2 aromatic heterocycles. The van der Waals surface area contributed by atoms with Gasteiger partial charge in [-0.1, -0.05) is 29.8 Å². The number of thioether (sulfide) groups is 1. The number of nitrogens with zero attached hydrogens (tertiary/aromatic N) is 3. The van der Waals surface area contributed by atoms with Crippen LogP contribution in [0.1, 0.15) is 18.2 Å². The van der Waals surface area contributed by atoms with Crippen molar-refractivity contribution in [3.63, 3.8) is 0 Å². The number of aromatic amines is 1. The zero-order chi connectivity index (χ0) is 21.3. The molecule has 0 aliphatic rings. The van der Waals surface area contributed by atoms with Crippen LogP contribution < -0.4 is 0 Å². The van der Waals surface area contributed by atoms with Gasteiger partial charge in [0.25, 0.3) is 0 Å². The lowest BCUT2D eigenvalue weighted by molar-refractivity contribution is -0.131. The first kappa shape index (κ1) is 20.3. The third-order valence-electron chi connectivity index (χ3n) is 4.77. The maximum absolute atomic E-state index is 12.0. The van der Waals surface area contributed by atoms with E-state index in [-0.39, 0.29) is 4.91 Å². The van der Waals surface area contributed by atoms with Crippen LogP contribution in [0.2, 0.25) is 5.02 Å². The maximum atomic E-state index is 12.0. The van der Waals surface area contributed by atoms with E-state index in [0.717, 1.165) is 39.5 Å². The van der Waals surface area contributed by atoms with Crippen molar-refractivity contribution in [3.05, 3.63) is 69.7 Å². The Kier molecular flexibility index (Phi) is 5.65. The largest absolute Gasteiger partial charge is 0.477 e. The maximum Gasteiger partial charge on any atom is 0.342 e. The van der Waals surface area contributed by atoms with Gasteiger partial charge < -0.3 is 14.7 Å². The molecule has 0 spiro atoms. The number of benzene rings is 2. The molecule has 0 fully saturated rings. The fourth-order valence-corrected chi connectivity index (χ4v) is 4.30. The molecule has 6 nitrogen and oxygen atoms in total. The minimum absolute atomic E-state index is 0.174. The lowest BCUT2D eigenvalue weighted by atomic mass is 10.1. The van der Waals surface area contributed by atoms with Crippen molar-refractivity contribution in [1.29, 1.82) is 0 Å². The highest BCUT2D eigenvalue weighted by atomic mass is 35.5. The summed E-state index contributed by atoms with van der Waals surface area (Å²) in [6.45, 7) is 4.51. The van der Waals surface area contributed by atoms with Gasteiger partial charge in [-0.3, -0.25) is 0 Å². The van der Waals surface area contributed by atoms with E-state index in [2.05, 4.69) is 15.2 Å². The summed E-state index contributed by atoms with van der Waals surface area (Å²) in [5.74, 6) is -0.340. The molecule has 0 amide bonds. The van der Waals surface area contributed by atoms with Crippen molar-refractivity contribution in [3.8, 4) is 11.4 Å². The van der Waals surface area contributed by atoms with Gasteiger partial charge in [-0.25, -0.2) is 4.79 Å². The highest BCUT2D eigenvalue weighted by molar-refractivity contribution is 8.04. The fraction of sp³-hybridized carbons (Fsp3) is 0.136. The van der Waals surface area contributed by atoms with Crippen LogP contribution in [0.5, 0.6) is 0 Å². The van der Waals surface area contributed by atoms with Gasteiger partial charge >= 0.3 is 5.97 Å². The Hall–Kier alpha value is -3.03. The third-order valence-corrected chi connectivity index (χ3v) is 6.02. The molecule has 0 aliphatic heterocycles. The summed E-state index contributed by atoms with van der Waals surface area (Å²) in [6.07, 6.45) is 1.69. The van der Waals surface area contributed by atoms with Crippen LogP contribution in [-0.2, 0) is 11.3 Å². The van der Waals surface area contributed by atoms with Crippen LogP contribution in [0.4, 0.5) is 0 Å². The summed E-state index contributed by atoms with van der Waals surface area (Å²) in [5.41, 5.74) is 3.61. The van der Waals surface area contributed by atoms with E-state index < -0.39 is 5.97 Å². The number of hydrogen-bond donors (Lipinski definition) is 2. The zero-order valence-corrected chi connectivity index (χ0v) is 18.0. The number of para-hydroxylation sites is 1. The Morgan fingerprint density at radius 2 is 1.93 bits per heavy atom.